The van der Waals surface area contributed by atoms with Crippen molar-refractivity contribution in [3.63, 3.8) is 0 Å². The number of hydrogen-bond acceptors (Lipinski definition) is 4. The van der Waals surface area contributed by atoms with Crippen LogP contribution in [0.15, 0.2) is 47.0 Å². The topological polar surface area (TPSA) is 68.0 Å². The van der Waals surface area contributed by atoms with Gasteiger partial charge in [-0.05, 0) is 18.1 Å². The van der Waals surface area contributed by atoms with Crippen molar-refractivity contribution in [3.8, 4) is 0 Å². The molecule has 1 amide bonds. The van der Waals surface area contributed by atoms with Gasteiger partial charge in [-0.2, -0.15) is 0 Å². The second-order valence-corrected chi connectivity index (χ2v) is 5.44. The van der Waals surface area contributed by atoms with E-state index in [-0.39, 0.29) is 5.91 Å². The highest BCUT2D eigenvalue weighted by Gasteiger charge is 2.11. The Balaban J connectivity index is 1.69. The number of fused-ring (bicyclic) bond motifs is 1. The van der Waals surface area contributed by atoms with Gasteiger partial charge < -0.3 is 9.84 Å². The van der Waals surface area contributed by atoms with Crippen molar-refractivity contribution in [2.75, 3.05) is 0 Å². The first-order valence-electron chi connectivity index (χ1n) is 7.23. The van der Waals surface area contributed by atoms with Gasteiger partial charge in [0, 0.05) is 11.5 Å². The lowest BCUT2D eigenvalue weighted by Crippen LogP contribution is -2.23. The van der Waals surface area contributed by atoms with Gasteiger partial charge in [-0.1, -0.05) is 43.3 Å². The molecule has 5 heteroatoms. The van der Waals surface area contributed by atoms with E-state index in [1.807, 2.05) is 50.2 Å². The highest BCUT2D eigenvalue weighted by atomic mass is 16.5. The molecule has 22 heavy (non-hydrogen) atoms. The quantitative estimate of drug-likeness (QED) is 0.802. The van der Waals surface area contributed by atoms with Gasteiger partial charge in [-0.3, -0.25) is 4.79 Å². The van der Waals surface area contributed by atoms with E-state index in [0.717, 1.165) is 16.6 Å². The van der Waals surface area contributed by atoms with Crippen molar-refractivity contribution in [2.24, 2.45) is 0 Å². The van der Waals surface area contributed by atoms with E-state index in [0.29, 0.717) is 23.9 Å². The Hall–Kier alpha value is -2.69. The Morgan fingerprint density at radius 1 is 1.23 bits per heavy atom. The molecule has 0 saturated heterocycles. The monoisotopic (exact) mass is 295 g/mol. The van der Waals surface area contributed by atoms with E-state index < -0.39 is 0 Å². The van der Waals surface area contributed by atoms with Crippen LogP contribution in [-0.2, 0) is 6.54 Å². The Kier molecular flexibility index (Phi) is 3.87. The fraction of sp³-hybridized carbons (Fsp3) is 0.235. The molecule has 5 nitrogen and oxygen atoms in total. The fourth-order valence-electron chi connectivity index (χ4n) is 2.13. The number of rotatable bonds is 4. The summed E-state index contributed by atoms with van der Waals surface area (Å²) in [7, 11) is 0. The van der Waals surface area contributed by atoms with Crippen molar-refractivity contribution in [3.05, 3.63) is 59.6 Å². The summed E-state index contributed by atoms with van der Waals surface area (Å²) in [4.78, 5) is 16.5. The molecule has 1 aromatic carbocycles. The molecule has 0 unspecified atom stereocenters. The minimum atomic E-state index is -0.228. The van der Waals surface area contributed by atoms with Gasteiger partial charge in [0.15, 0.2) is 5.76 Å². The number of carbonyl (C=O) groups excluding carboxylic acids is 1. The molecule has 2 aromatic heterocycles. The maximum atomic E-state index is 12.2. The number of amides is 1. The molecule has 112 valence electrons. The lowest BCUT2D eigenvalue weighted by atomic mass is 10.1. The van der Waals surface area contributed by atoms with Crippen LogP contribution in [0.1, 0.15) is 41.7 Å². The summed E-state index contributed by atoms with van der Waals surface area (Å²) in [5, 5.41) is 7.77. The van der Waals surface area contributed by atoms with Crippen LogP contribution in [0.25, 0.3) is 10.9 Å². The van der Waals surface area contributed by atoms with Gasteiger partial charge in [0.2, 0.25) is 0 Å². The number of benzene rings is 1. The Labute approximate surface area is 128 Å². The third-order valence-corrected chi connectivity index (χ3v) is 3.42. The third kappa shape index (κ3) is 2.98. The molecule has 0 fully saturated rings. The molecule has 0 radical (unpaired) electrons. The van der Waals surface area contributed by atoms with Gasteiger partial charge in [-0.25, -0.2) is 4.98 Å². The highest BCUT2D eigenvalue weighted by Crippen LogP contribution is 2.14. The third-order valence-electron chi connectivity index (χ3n) is 3.42. The van der Waals surface area contributed by atoms with E-state index in [1.165, 1.54) is 0 Å². The van der Waals surface area contributed by atoms with Crippen LogP contribution in [-0.4, -0.2) is 16.0 Å². The van der Waals surface area contributed by atoms with E-state index in [2.05, 4.69) is 15.5 Å². The Morgan fingerprint density at radius 2 is 2.05 bits per heavy atom. The van der Waals surface area contributed by atoms with E-state index in [9.17, 15) is 4.79 Å². The lowest BCUT2D eigenvalue weighted by molar-refractivity contribution is 0.0942. The second kappa shape index (κ2) is 5.97. The molecule has 0 aliphatic rings. The summed E-state index contributed by atoms with van der Waals surface area (Å²) in [5.41, 5.74) is 2.08. The van der Waals surface area contributed by atoms with Crippen LogP contribution in [0, 0.1) is 0 Å². The lowest BCUT2D eigenvalue weighted by Gasteiger charge is -2.03. The SMILES string of the molecule is CC(C)c1cc(CNC(=O)c2ccc3ccccc3n2)on1. The molecule has 3 rings (SSSR count). The van der Waals surface area contributed by atoms with Crippen LogP contribution in [0.3, 0.4) is 0 Å². The van der Waals surface area contributed by atoms with E-state index in [4.69, 9.17) is 4.52 Å². The molecule has 0 atom stereocenters. The number of aromatic nitrogens is 2. The molecule has 1 N–H and O–H groups in total. The molecular formula is C17H17N3O2. The molecule has 3 aromatic rings. The molecule has 2 heterocycles. The first kappa shape index (κ1) is 14.3. The maximum Gasteiger partial charge on any atom is 0.270 e. The second-order valence-electron chi connectivity index (χ2n) is 5.44. The summed E-state index contributed by atoms with van der Waals surface area (Å²) >= 11 is 0. The van der Waals surface area contributed by atoms with Crippen LogP contribution >= 0.6 is 0 Å². The van der Waals surface area contributed by atoms with Crippen LogP contribution in [0.5, 0.6) is 0 Å². The number of pyridine rings is 1. The Morgan fingerprint density at radius 3 is 2.82 bits per heavy atom. The van der Waals surface area contributed by atoms with Crippen molar-refractivity contribution in [2.45, 2.75) is 26.3 Å². The average Bonchev–Trinajstić information content (AvgIpc) is 3.01. The van der Waals surface area contributed by atoms with Crippen molar-refractivity contribution in [1.29, 1.82) is 0 Å². The van der Waals surface area contributed by atoms with Crippen LogP contribution in [0.2, 0.25) is 0 Å². The molecule has 0 spiro atoms. The van der Waals surface area contributed by atoms with Gasteiger partial charge in [0.25, 0.3) is 5.91 Å². The summed E-state index contributed by atoms with van der Waals surface area (Å²) in [6.07, 6.45) is 0. The zero-order valence-electron chi connectivity index (χ0n) is 12.5. The summed E-state index contributed by atoms with van der Waals surface area (Å²) in [5.74, 6) is 0.710. The van der Waals surface area contributed by atoms with Crippen molar-refractivity contribution < 1.29 is 9.32 Å². The first-order chi connectivity index (χ1) is 10.6. The minimum Gasteiger partial charge on any atom is -0.359 e. The predicted molar refractivity (Wildman–Crippen MR) is 83.5 cm³/mol. The fourth-order valence-corrected chi connectivity index (χ4v) is 2.13. The van der Waals surface area contributed by atoms with Crippen molar-refractivity contribution in [1.82, 2.24) is 15.5 Å². The molecule has 0 aliphatic carbocycles. The Bertz CT molecular complexity index is 808. The molecule has 0 bridgehead atoms. The largest absolute Gasteiger partial charge is 0.359 e. The van der Waals surface area contributed by atoms with Gasteiger partial charge in [-0.15, -0.1) is 0 Å². The van der Waals surface area contributed by atoms with Gasteiger partial charge >= 0.3 is 0 Å². The summed E-state index contributed by atoms with van der Waals surface area (Å²) in [6, 6.07) is 13.2. The van der Waals surface area contributed by atoms with Crippen LogP contribution in [0.4, 0.5) is 0 Å². The first-order valence-corrected chi connectivity index (χ1v) is 7.23. The van der Waals surface area contributed by atoms with Gasteiger partial charge in [0.1, 0.15) is 5.69 Å². The molecular weight excluding hydrogens is 278 g/mol. The summed E-state index contributed by atoms with van der Waals surface area (Å²) in [6.45, 7) is 4.38. The zero-order valence-corrected chi connectivity index (χ0v) is 12.5. The predicted octanol–water partition coefficient (Wildman–Crippen LogP) is 3.28. The standard InChI is InChI=1S/C17H17N3O2/c1-11(2)16-9-13(22-20-16)10-18-17(21)15-8-7-12-5-3-4-6-14(12)19-15/h3-9,11H,10H2,1-2H3,(H,18,21). The smallest absolute Gasteiger partial charge is 0.270 e. The zero-order chi connectivity index (χ0) is 15.5. The number of carbonyl (C=O) groups is 1. The van der Waals surface area contributed by atoms with Gasteiger partial charge in [0.05, 0.1) is 17.8 Å². The van der Waals surface area contributed by atoms with Crippen LogP contribution < -0.4 is 5.32 Å². The molecule has 0 aliphatic heterocycles. The molecule has 0 saturated carbocycles. The maximum absolute atomic E-state index is 12.2. The summed E-state index contributed by atoms with van der Waals surface area (Å²) < 4.78 is 5.20. The highest BCUT2D eigenvalue weighted by molar-refractivity contribution is 5.94. The number of para-hydroxylation sites is 1. The van der Waals surface area contributed by atoms with Crippen molar-refractivity contribution >= 4 is 16.8 Å². The minimum absolute atomic E-state index is 0.228. The number of nitrogens with zero attached hydrogens (tertiary/aromatic N) is 2. The number of nitrogens with one attached hydrogen (secondary N) is 1. The van der Waals surface area contributed by atoms with E-state index >= 15 is 0 Å². The normalized spacial score (nSPS) is 11.0. The number of hydrogen-bond donors (Lipinski definition) is 1. The average molecular weight is 295 g/mol. The van der Waals surface area contributed by atoms with E-state index in [1.54, 1.807) is 6.07 Å².